The van der Waals surface area contributed by atoms with Crippen molar-refractivity contribution >= 4 is 11.7 Å². The molecule has 1 aliphatic rings. The van der Waals surface area contributed by atoms with E-state index in [2.05, 4.69) is 5.32 Å². The van der Waals surface area contributed by atoms with Crippen LogP contribution in [0, 0.1) is 0 Å². The molecule has 0 radical (unpaired) electrons. The van der Waals surface area contributed by atoms with Crippen LogP contribution in [0.25, 0.3) is 0 Å². The van der Waals surface area contributed by atoms with Crippen molar-refractivity contribution in [1.82, 2.24) is 4.90 Å². The van der Waals surface area contributed by atoms with Crippen molar-refractivity contribution in [2.24, 2.45) is 0 Å². The summed E-state index contributed by atoms with van der Waals surface area (Å²) in [6.45, 7) is -0.775. The molecule has 5 nitrogen and oxygen atoms in total. The Bertz CT molecular complexity index is 809. The molecular formula is C20H21F3N2O3. The van der Waals surface area contributed by atoms with Gasteiger partial charge in [-0.15, -0.1) is 0 Å². The highest BCUT2D eigenvalue weighted by Crippen LogP contribution is 2.33. The van der Waals surface area contributed by atoms with E-state index in [-0.39, 0.29) is 17.8 Å². The van der Waals surface area contributed by atoms with Gasteiger partial charge in [-0.2, -0.15) is 13.2 Å². The second-order valence-corrected chi connectivity index (χ2v) is 6.49. The minimum atomic E-state index is -4.42. The molecule has 0 spiro atoms. The molecule has 28 heavy (non-hydrogen) atoms. The highest BCUT2D eigenvalue weighted by molar-refractivity contribution is 5.90. The van der Waals surface area contributed by atoms with E-state index in [1.807, 2.05) is 24.3 Å². The second-order valence-electron chi connectivity index (χ2n) is 6.49. The van der Waals surface area contributed by atoms with E-state index in [0.717, 1.165) is 24.2 Å². The Kier molecular flexibility index (Phi) is 5.96. The largest absolute Gasteiger partial charge is 0.497 e. The number of nitrogens with one attached hydrogen (secondary N) is 1. The number of methoxy groups -OCH3 is 1. The highest BCUT2D eigenvalue weighted by Gasteiger charge is 2.30. The number of halogens is 3. The summed E-state index contributed by atoms with van der Waals surface area (Å²) in [6.07, 6.45) is -2.70. The van der Waals surface area contributed by atoms with Gasteiger partial charge in [0.05, 0.1) is 13.2 Å². The van der Waals surface area contributed by atoms with E-state index in [1.54, 1.807) is 18.1 Å². The first-order valence-electron chi connectivity index (χ1n) is 8.87. The fourth-order valence-electron chi connectivity index (χ4n) is 3.21. The third-order valence-corrected chi connectivity index (χ3v) is 4.50. The van der Waals surface area contributed by atoms with E-state index < -0.39 is 12.8 Å². The smallest absolute Gasteiger partial charge is 0.422 e. The molecule has 1 aliphatic heterocycles. The number of carbonyl (C=O) groups excluding carboxylic acids is 1. The summed E-state index contributed by atoms with van der Waals surface area (Å²) in [7, 11) is 1.59. The summed E-state index contributed by atoms with van der Waals surface area (Å²) < 4.78 is 46.8. The van der Waals surface area contributed by atoms with Crippen LogP contribution in [0.2, 0.25) is 0 Å². The average molecular weight is 394 g/mol. The quantitative estimate of drug-likeness (QED) is 0.776. The zero-order chi connectivity index (χ0) is 20.1. The molecule has 150 valence electrons. The van der Waals surface area contributed by atoms with Gasteiger partial charge in [0.15, 0.2) is 6.61 Å². The molecule has 2 amide bonds. The van der Waals surface area contributed by atoms with E-state index in [0.29, 0.717) is 12.2 Å². The van der Waals surface area contributed by atoms with Gasteiger partial charge in [0.1, 0.15) is 11.5 Å². The van der Waals surface area contributed by atoms with Crippen LogP contribution in [0.4, 0.5) is 23.7 Å². The second kappa shape index (κ2) is 8.41. The lowest BCUT2D eigenvalue weighted by Gasteiger charge is -2.25. The number of alkyl halides is 3. The Labute approximate surface area is 161 Å². The van der Waals surface area contributed by atoms with E-state index >= 15 is 0 Å². The van der Waals surface area contributed by atoms with Gasteiger partial charge in [-0.3, -0.25) is 0 Å². The molecule has 1 unspecified atom stereocenters. The zero-order valence-corrected chi connectivity index (χ0v) is 15.3. The Hall–Kier alpha value is -2.90. The van der Waals surface area contributed by atoms with Crippen molar-refractivity contribution in [3.8, 4) is 11.5 Å². The summed E-state index contributed by atoms with van der Waals surface area (Å²) in [5, 5.41) is 2.74. The summed E-state index contributed by atoms with van der Waals surface area (Å²) in [5.74, 6) is 0.789. The number of urea groups is 1. The number of hydrogen-bond acceptors (Lipinski definition) is 3. The first-order valence-corrected chi connectivity index (χ1v) is 8.87. The minimum Gasteiger partial charge on any atom is -0.497 e. The van der Waals surface area contributed by atoms with Crippen molar-refractivity contribution in [1.29, 1.82) is 0 Å². The van der Waals surface area contributed by atoms with Gasteiger partial charge >= 0.3 is 12.2 Å². The topological polar surface area (TPSA) is 50.8 Å². The normalized spacial score (nSPS) is 16.7. The molecule has 0 aliphatic carbocycles. The molecule has 1 saturated heterocycles. The first-order chi connectivity index (χ1) is 13.4. The minimum absolute atomic E-state index is 0.0447. The van der Waals surface area contributed by atoms with E-state index in [1.165, 1.54) is 18.2 Å². The summed E-state index contributed by atoms with van der Waals surface area (Å²) in [4.78, 5) is 14.4. The SMILES string of the molecule is COc1ccc(C2CCCN2C(=O)Nc2cccc(OCC(F)(F)F)c2)cc1. The molecule has 0 saturated carbocycles. The predicted molar refractivity (Wildman–Crippen MR) is 98.7 cm³/mol. The summed E-state index contributed by atoms with van der Waals surface area (Å²) in [6, 6.07) is 13.1. The van der Waals surface area contributed by atoms with Gasteiger partial charge in [-0.25, -0.2) is 4.79 Å². The van der Waals surface area contributed by atoms with Crippen LogP contribution < -0.4 is 14.8 Å². The summed E-state index contributed by atoms with van der Waals surface area (Å²) >= 11 is 0. The summed E-state index contributed by atoms with van der Waals surface area (Å²) in [5.41, 5.74) is 1.39. The molecule has 8 heteroatoms. The molecule has 2 aromatic rings. The molecular weight excluding hydrogens is 373 g/mol. The van der Waals surface area contributed by atoms with Gasteiger partial charge < -0.3 is 19.7 Å². The number of rotatable bonds is 5. The maximum Gasteiger partial charge on any atom is 0.422 e. The van der Waals surface area contributed by atoms with Crippen LogP contribution in [-0.4, -0.2) is 37.4 Å². The van der Waals surface area contributed by atoms with Crippen LogP contribution in [0.15, 0.2) is 48.5 Å². The monoisotopic (exact) mass is 394 g/mol. The standard InChI is InChI=1S/C20H21F3N2O3/c1-27-16-9-7-14(8-10-16)18-6-3-11-25(18)19(26)24-15-4-2-5-17(12-15)28-13-20(21,22)23/h2,4-5,7-10,12,18H,3,6,11,13H2,1H3,(H,24,26). The average Bonchev–Trinajstić information content (AvgIpc) is 3.16. The molecule has 2 aromatic carbocycles. The lowest BCUT2D eigenvalue weighted by atomic mass is 10.0. The Morgan fingerprint density at radius 2 is 1.93 bits per heavy atom. The zero-order valence-electron chi connectivity index (χ0n) is 15.3. The van der Waals surface area contributed by atoms with Gasteiger partial charge in [0.25, 0.3) is 0 Å². The number of amides is 2. The molecule has 1 heterocycles. The lowest BCUT2D eigenvalue weighted by Crippen LogP contribution is -2.34. The Balaban J connectivity index is 1.66. The number of likely N-dealkylation sites (tertiary alicyclic amines) is 1. The first kappa shape index (κ1) is 19.9. The molecule has 1 fully saturated rings. The van der Waals surface area contributed by atoms with Crippen molar-refractivity contribution in [3.63, 3.8) is 0 Å². The third-order valence-electron chi connectivity index (χ3n) is 4.50. The van der Waals surface area contributed by atoms with Crippen LogP contribution in [0.5, 0.6) is 11.5 Å². The van der Waals surface area contributed by atoms with Crippen LogP contribution in [-0.2, 0) is 0 Å². The van der Waals surface area contributed by atoms with Crippen LogP contribution in [0.3, 0.4) is 0 Å². The van der Waals surface area contributed by atoms with Crippen molar-refractivity contribution in [2.45, 2.75) is 25.1 Å². The lowest BCUT2D eigenvalue weighted by molar-refractivity contribution is -0.153. The molecule has 0 aromatic heterocycles. The molecule has 3 rings (SSSR count). The Morgan fingerprint density at radius 3 is 2.61 bits per heavy atom. The predicted octanol–water partition coefficient (Wildman–Crippen LogP) is 5.01. The fourth-order valence-corrected chi connectivity index (χ4v) is 3.21. The van der Waals surface area contributed by atoms with Crippen molar-refractivity contribution in [2.75, 3.05) is 25.6 Å². The number of hydrogen-bond donors (Lipinski definition) is 1. The highest BCUT2D eigenvalue weighted by atomic mass is 19.4. The van der Waals surface area contributed by atoms with Gasteiger partial charge in [-0.05, 0) is 42.7 Å². The number of benzene rings is 2. The fraction of sp³-hybridized carbons (Fsp3) is 0.350. The molecule has 1 atom stereocenters. The Morgan fingerprint density at radius 1 is 1.18 bits per heavy atom. The maximum absolute atomic E-state index is 12.7. The van der Waals surface area contributed by atoms with Gasteiger partial charge in [0, 0.05) is 18.3 Å². The maximum atomic E-state index is 12.7. The number of carbonyl (C=O) groups is 1. The van der Waals surface area contributed by atoms with Crippen LogP contribution >= 0.6 is 0 Å². The van der Waals surface area contributed by atoms with Crippen molar-refractivity contribution in [3.05, 3.63) is 54.1 Å². The van der Waals surface area contributed by atoms with Gasteiger partial charge in [0.2, 0.25) is 0 Å². The number of ether oxygens (including phenoxy) is 2. The van der Waals surface area contributed by atoms with E-state index in [4.69, 9.17) is 9.47 Å². The van der Waals surface area contributed by atoms with Crippen LogP contribution in [0.1, 0.15) is 24.4 Å². The third kappa shape index (κ3) is 5.09. The molecule has 0 bridgehead atoms. The van der Waals surface area contributed by atoms with E-state index in [9.17, 15) is 18.0 Å². The van der Waals surface area contributed by atoms with Gasteiger partial charge in [-0.1, -0.05) is 18.2 Å². The molecule has 1 N–H and O–H groups in total. The number of nitrogens with zero attached hydrogens (tertiary/aromatic N) is 1. The number of anilines is 1. The van der Waals surface area contributed by atoms with Crippen molar-refractivity contribution < 1.29 is 27.4 Å².